The van der Waals surface area contributed by atoms with Gasteiger partial charge in [0.25, 0.3) is 0 Å². The van der Waals surface area contributed by atoms with E-state index in [2.05, 4.69) is 63.1 Å². The summed E-state index contributed by atoms with van der Waals surface area (Å²) in [6.07, 6.45) is -1.94. The number of fused-ring (bicyclic) bond motifs is 1. The molecule has 1 aliphatic heterocycles. The fraction of sp³-hybridized carbons (Fsp3) is 0.370. The summed E-state index contributed by atoms with van der Waals surface area (Å²) in [5.74, 6) is -5.03. The van der Waals surface area contributed by atoms with Crippen LogP contribution in [0.5, 0.6) is 0 Å². The maximum absolute atomic E-state index is 10.6. The Bertz CT molecular complexity index is 1500. The molecule has 4 heterocycles. The molecule has 43 heavy (non-hydrogen) atoms. The van der Waals surface area contributed by atoms with Crippen LogP contribution in [-0.2, 0) is 30.2 Å². The smallest absolute Gasteiger partial charge is 0.475 e. The van der Waals surface area contributed by atoms with Crippen LogP contribution in [-0.4, -0.2) is 76.8 Å². The summed E-state index contributed by atoms with van der Waals surface area (Å²) in [5.41, 5.74) is 6.75. The van der Waals surface area contributed by atoms with Crippen molar-refractivity contribution in [3.05, 3.63) is 66.4 Å². The lowest BCUT2D eigenvalue weighted by atomic mass is 9.92. The lowest BCUT2D eigenvalue weighted by Gasteiger charge is -2.31. The van der Waals surface area contributed by atoms with Crippen molar-refractivity contribution < 1.29 is 46.1 Å². The summed E-state index contributed by atoms with van der Waals surface area (Å²) < 4.78 is 67.4. The maximum Gasteiger partial charge on any atom is 0.490 e. The first-order chi connectivity index (χ1) is 20.1. The van der Waals surface area contributed by atoms with Gasteiger partial charge in [-0.2, -0.15) is 31.4 Å². The number of carbonyl (C=O) groups is 2. The van der Waals surface area contributed by atoms with Gasteiger partial charge in [0, 0.05) is 49.6 Å². The van der Waals surface area contributed by atoms with Crippen molar-refractivity contribution in [2.24, 2.45) is 14.1 Å². The number of benzene rings is 1. The highest BCUT2D eigenvalue weighted by atomic mass is 19.4. The third-order valence-electron chi connectivity index (χ3n) is 6.44. The zero-order valence-electron chi connectivity index (χ0n) is 23.0. The third-order valence-corrected chi connectivity index (χ3v) is 6.44. The van der Waals surface area contributed by atoms with Gasteiger partial charge in [-0.25, -0.2) is 14.6 Å². The zero-order valence-corrected chi connectivity index (χ0v) is 23.0. The first kappa shape index (κ1) is 33.0. The maximum atomic E-state index is 10.6. The molecule has 0 bridgehead atoms. The van der Waals surface area contributed by atoms with Crippen molar-refractivity contribution in [3.63, 3.8) is 0 Å². The Kier molecular flexibility index (Phi) is 10.5. The second-order valence-electron chi connectivity index (χ2n) is 9.66. The Morgan fingerprint density at radius 2 is 1.51 bits per heavy atom. The Balaban J connectivity index is 0.000000303. The Morgan fingerprint density at radius 3 is 2.00 bits per heavy atom. The van der Waals surface area contributed by atoms with Crippen LogP contribution in [0.25, 0.3) is 22.3 Å². The van der Waals surface area contributed by atoms with Crippen molar-refractivity contribution in [3.8, 4) is 11.3 Å². The van der Waals surface area contributed by atoms with E-state index in [1.807, 2.05) is 30.3 Å². The second-order valence-corrected chi connectivity index (χ2v) is 9.66. The van der Waals surface area contributed by atoms with Gasteiger partial charge in [0.05, 0.1) is 23.7 Å². The molecule has 3 aromatic heterocycles. The molecule has 0 saturated carbocycles. The van der Waals surface area contributed by atoms with E-state index in [9.17, 15) is 26.3 Å². The molecule has 10 nitrogen and oxygen atoms in total. The molecule has 16 heteroatoms. The Hall–Kier alpha value is -4.47. The number of alkyl halides is 6. The molecule has 1 aliphatic rings. The molecule has 0 unspecified atom stereocenters. The van der Waals surface area contributed by atoms with E-state index >= 15 is 0 Å². The summed E-state index contributed by atoms with van der Waals surface area (Å²) in [6.45, 7) is 3.15. The van der Waals surface area contributed by atoms with Crippen molar-refractivity contribution in [1.29, 1.82) is 0 Å². The summed E-state index contributed by atoms with van der Waals surface area (Å²) in [6, 6.07) is 12.7. The minimum atomic E-state index is -5.08. The standard InChI is InChI=1S/C23H26N6.2C2HF3O2/c1-27-16-24-23-21(27)12-20(26-22(23)19-6-4-3-5-7-19)18-8-10-29(11-9-18)15-17-13-25-28(2)14-17;2*3-2(4,5)1(6)7/h3-7,12-14,16,18H,8-11,15H2,1-2H3;2*(H,6,7). The van der Waals surface area contributed by atoms with E-state index in [0.717, 1.165) is 54.8 Å². The molecular weight excluding hydrogens is 586 g/mol. The topological polar surface area (TPSA) is 126 Å². The number of aryl methyl sites for hydroxylation is 2. The molecule has 2 N–H and O–H groups in total. The van der Waals surface area contributed by atoms with E-state index in [1.165, 1.54) is 11.3 Å². The van der Waals surface area contributed by atoms with E-state index in [4.69, 9.17) is 24.8 Å². The van der Waals surface area contributed by atoms with Gasteiger partial charge >= 0.3 is 24.3 Å². The summed E-state index contributed by atoms with van der Waals surface area (Å²) in [4.78, 5) is 30.1. The molecule has 1 aromatic carbocycles. The lowest BCUT2D eigenvalue weighted by Crippen LogP contribution is -2.32. The van der Waals surface area contributed by atoms with Crippen LogP contribution in [0.1, 0.15) is 30.0 Å². The molecule has 4 aromatic rings. The number of piperidine rings is 1. The van der Waals surface area contributed by atoms with E-state index < -0.39 is 24.3 Å². The fourth-order valence-electron chi connectivity index (χ4n) is 4.35. The van der Waals surface area contributed by atoms with Gasteiger partial charge in [0.15, 0.2) is 0 Å². The number of hydrogen-bond acceptors (Lipinski definition) is 6. The molecule has 232 valence electrons. The van der Waals surface area contributed by atoms with Gasteiger partial charge in [-0.1, -0.05) is 30.3 Å². The number of hydrogen-bond donors (Lipinski definition) is 2. The minimum absolute atomic E-state index is 0.488. The number of imidazole rings is 1. The van der Waals surface area contributed by atoms with Gasteiger partial charge in [0.1, 0.15) is 5.52 Å². The molecule has 0 atom stereocenters. The van der Waals surface area contributed by atoms with Gasteiger partial charge < -0.3 is 14.8 Å². The van der Waals surface area contributed by atoms with Gasteiger partial charge in [-0.05, 0) is 32.0 Å². The van der Waals surface area contributed by atoms with Gasteiger partial charge in [-0.3, -0.25) is 14.6 Å². The molecule has 0 spiro atoms. The van der Waals surface area contributed by atoms with E-state index in [1.54, 1.807) is 0 Å². The Labute approximate surface area is 241 Å². The van der Waals surface area contributed by atoms with Crippen molar-refractivity contribution in [2.45, 2.75) is 37.7 Å². The van der Waals surface area contributed by atoms with Crippen LogP contribution in [0, 0.1) is 0 Å². The molecule has 1 fully saturated rings. The monoisotopic (exact) mass is 614 g/mol. The normalized spacial score (nSPS) is 14.4. The van der Waals surface area contributed by atoms with Crippen molar-refractivity contribution in [1.82, 2.24) is 29.2 Å². The summed E-state index contributed by atoms with van der Waals surface area (Å²) in [5, 5.41) is 18.5. The molecule has 0 radical (unpaired) electrons. The van der Waals surface area contributed by atoms with Gasteiger partial charge in [0.2, 0.25) is 0 Å². The molecule has 0 amide bonds. The van der Waals surface area contributed by atoms with E-state index in [-0.39, 0.29) is 0 Å². The van der Waals surface area contributed by atoms with Crippen LogP contribution >= 0.6 is 0 Å². The number of rotatable bonds is 4. The number of nitrogens with zero attached hydrogens (tertiary/aromatic N) is 6. The zero-order chi connectivity index (χ0) is 31.9. The quantitative estimate of drug-likeness (QED) is 0.307. The summed E-state index contributed by atoms with van der Waals surface area (Å²) in [7, 11) is 4.03. The molecule has 5 rings (SSSR count). The first-order valence-corrected chi connectivity index (χ1v) is 12.7. The number of carboxylic acids is 2. The van der Waals surface area contributed by atoms with Crippen molar-refractivity contribution >= 4 is 23.0 Å². The highest BCUT2D eigenvalue weighted by molar-refractivity contribution is 5.90. The van der Waals surface area contributed by atoms with E-state index in [0.29, 0.717) is 5.92 Å². The number of pyridine rings is 1. The minimum Gasteiger partial charge on any atom is -0.475 e. The van der Waals surface area contributed by atoms with Crippen molar-refractivity contribution in [2.75, 3.05) is 13.1 Å². The highest BCUT2D eigenvalue weighted by Crippen LogP contribution is 2.33. The number of likely N-dealkylation sites (tertiary alicyclic amines) is 1. The lowest BCUT2D eigenvalue weighted by molar-refractivity contribution is -0.193. The fourth-order valence-corrected chi connectivity index (χ4v) is 4.35. The average Bonchev–Trinajstić information content (AvgIpc) is 3.53. The largest absolute Gasteiger partial charge is 0.490 e. The van der Waals surface area contributed by atoms with Crippen LogP contribution < -0.4 is 0 Å². The molecule has 1 saturated heterocycles. The molecular formula is C27H28F6N6O4. The number of aliphatic carboxylic acids is 2. The van der Waals surface area contributed by atoms with Crippen LogP contribution in [0.15, 0.2) is 55.1 Å². The third kappa shape index (κ3) is 9.26. The summed E-state index contributed by atoms with van der Waals surface area (Å²) >= 11 is 0. The van der Waals surface area contributed by atoms with Crippen LogP contribution in [0.3, 0.4) is 0 Å². The van der Waals surface area contributed by atoms with Crippen LogP contribution in [0.2, 0.25) is 0 Å². The highest BCUT2D eigenvalue weighted by Gasteiger charge is 2.38. The predicted octanol–water partition coefficient (Wildman–Crippen LogP) is 5.02. The number of carboxylic acid groups (broad SMARTS) is 2. The predicted molar refractivity (Wildman–Crippen MR) is 142 cm³/mol. The second kappa shape index (κ2) is 13.7. The average molecular weight is 615 g/mol. The Morgan fingerprint density at radius 1 is 0.953 bits per heavy atom. The first-order valence-electron chi connectivity index (χ1n) is 12.7. The number of halogens is 6. The van der Waals surface area contributed by atoms with Crippen LogP contribution in [0.4, 0.5) is 26.3 Å². The molecule has 0 aliphatic carbocycles. The van der Waals surface area contributed by atoms with Gasteiger partial charge in [-0.15, -0.1) is 0 Å². The SMILES string of the molecule is Cn1cc(CN2CCC(c3cc4c(ncn4C)c(-c4ccccc4)n3)CC2)cn1.O=C(O)C(F)(F)F.O=C(O)C(F)(F)F. The number of aromatic nitrogens is 5.